The lowest BCUT2D eigenvalue weighted by atomic mass is 10.2. The lowest BCUT2D eigenvalue weighted by molar-refractivity contribution is -0.137. The number of carboxylic acids is 1. The van der Waals surface area contributed by atoms with Crippen LogP contribution < -0.4 is 5.32 Å². The highest BCUT2D eigenvalue weighted by molar-refractivity contribution is 7.17. The molecule has 90 valence electrons. The van der Waals surface area contributed by atoms with Gasteiger partial charge in [-0.3, -0.25) is 4.79 Å². The number of carbonyl (C=O) groups is 1. The number of hydrogen-bond acceptors (Lipinski definition) is 3. The zero-order valence-corrected chi connectivity index (χ0v) is 10.3. The van der Waals surface area contributed by atoms with Gasteiger partial charge in [0, 0.05) is 17.7 Å². The van der Waals surface area contributed by atoms with Crippen molar-refractivity contribution in [1.82, 2.24) is 5.32 Å². The van der Waals surface area contributed by atoms with E-state index in [1.807, 2.05) is 12.1 Å². The molecule has 1 aromatic heterocycles. The lowest BCUT2D eigenvalue weighted by Gasteiger charge is -2.02. The molecule has 1 heterocycles. The van der Waals surface area contributed by atoms with Crippen molar-refractivity contribution >= 4 is 27.4 Å². The van der Waals surface area contributed by atoms with Crippen LogP contribution in [-0.2, 0) is 11.3 Å². The van der Waals surface area contributed by atoms with Gasteiger partial charge >= 0.3 is 5.97 Å². The van der Waals surface area contributed by atoms with Gasteiger partial charge in [0.25, 0.3) is 0 Å². The predicted octanol–water partition coefficient (Wildman–Crippen LogP) is 2.86. The Labute approximate surface area is 104 Å². The number of aliphatic carboxylic acids is 1. The first-order chi connectivity index (χ1) is 8.27. The molecule has 17 heavy (non-hydrogen) atoms. The highest BCUT2D eigenvalue weighted by Crippen LogP contribution is 2.25. The Hall–Kier alpha value is -1.39. The van der Waals surface area contributed by atoms with Crippen LogP contribution in [0.1, 0.15) is 18.4 Å². The van der Waals surface area contributed by atoms with Crippen LogP contribution in [0.25, 0.3) is 10.1 Å². The third kappa shape index (κ3) is 3.28. The normalized spacial score (nSPS) is 10.8. The molecule has 0 fully saturated rings. The first kappa shape index (κ1) is 12.1. The number of thiophene rings is 1. The van der Waals surface area contributed by atoms with E-state index in [2.05, 4.69) is 22.8 Å². The number of rotatable bonds is 6. The van der Waals surface area contributed by atoms with Crippen molar-refractivity contribution in [3.05, 3.63) is 35.2 Å². The average Bonchev–Trinajstić information content (AvgIpc) is 2.72. The topological polar surface area (TPSA) is 49.3 Å². The zero-order chi connectivity index (χ0) is 12.1. The fourth-order valence-electron chi connectivity index (χ4n) is 1.76. The Morgan fingerprint density at radius 2 is 2.18 bits per heavy atom. The number of carboxylic acid groups (broad SMARTS) is 1. The standard InChI is InChI=1S/C13H15NO2S/c15-13(16)6-3-7-14-8-10-9-17-12-5-2-1-4-11(10)12/h1-2,4-5,9,14H,3,6-8H2,(H,15,16). The largest absolute Gasteiger partial charge is 0.481 e. The highest BCUT2D eigenvalue weighted by Gasteiger charge is 2.02. The van der Waals surface area contributed by atoms with Crippen LogP contribution in [0.5, 0.6) is 0 Å². The van der Waals surface area contributed by atoms with E-state index in [1.54, 1.807) is 11.3 Å². The molecule has 0 amide bonds. The Kier molecular flexibility index (Phi) is 4.12. The second kappa shape index (κ2) is 5.80. The third-order valence-corrected chi connectivity index (χ3v) is 3.63. The molecular weight excluding hydrogens is 234 g/mol. The maximum Gasteiger partial charge on any atom is 0.303 e. The first-order valence-electron chi connectivity index (χ1n) is 5.65. The van der Waals surface area contributed by atoms with Gasteiger partial charge < -0.3 is 10.4 Å². The molecule has 2 rings (SSSR count). The van der Waals surface area contributed by atoms with Crippen LogP contribution in [0.4, 0.5) is 0 Å². The van der Waals surface area contributed by atoms with Gasteiger partial charge in [-0.15, -0.1) is 11.3 Å². The minimum Gasteiger partial charge on any atom is -0.481 e. The second-order valence-corrected chi connectivity index (χ2v) is 4.84. The summed E-state index contributed by atoms with van der Waals surface area (Å²) in [6.45, 7) is 1.56. The average molecular weight is 249 g/mol. The Morgan fingerprint density at radius 1 is 1.35 bits per heavy atom. The molecule has 2 N–H and O–H groups in total. The molecule has 0 unspecified atom stereocenters. The summed E-state index contributed by atoms with van der Waals surface area (Å²) in [5.74, 6) is -0.729. The SMILES string of the molecule is O=C(O)CCCNCc1csc2ccccc12. The molecule has 1 aromatic carbocycles. The molecule has 0 atom stereocenters. The number of nitrogens with one attached hydrogen (secondary N) is 1. The summed E-state index contributed by atoms with van der Waals surface area (Å²) in [4.78, 5) is 10.3. The smallest absolute Gasteiger partial charge is 0.303 e. The van der Waals surface area contributed by atoms with E-state index >= 15 is 0 Å². The van der Waals surface area contributed by atoms with Gasteiger partial charge in [-0.05, 0) is 35.4 Å². The monoisotopic (exact) mass is 249 g/mol. The van der Waals surface area contributed by atoms with Crippen molar-refractivity contribution in [2.24, 2.45) is 0 Å². The minimum atomic E-state index is -0.729. The summed E-state index contributed by atoms with van der Waals surface area (Å²) in [6, 6.07) is 8.33. The zero-order valence-electron chi connectivity index (χ0n) is 9.48. The molecule has 0 saturated carbocycles. The molecule has 0 aliphatic heterocycles. The summed E-state index contributed by atoms with van der Waals surface area (Å²) >= 11 is 1.75. The number of hydrogen-bond donors (Lipinski definition) is 2. The van der Waals surface area contributed by atoms with Gasteiger partial charge in [0.2, 0.25) is 0 Å². The van der Waals surface area contributed by atoms with Gasteiger partial charge in [-0.1, -0.05) is 18.2 Å². The molecule has 0 aliphatic carbocycles. The van der Waals surface area contributed by atoms with Gasteiger partial charge in [-0.25, -0.2) is 0 Å². The number of benzene rings is 1. The van der Waals surface area contributed by atoms with E-state index < -0.39 is 5.97 Å². The summed E-state index contributed by atoms with van der Waals surface area (Å²) < 4.78 is 1.30. The lowest BCUT2D eigenvalue weighted by Crippen LogP contribution is -2.15. The molecule has 0 saturated heterocycles. The predicted molar refractivity (Wildman–Crippen MR) is 70.4 cm³/mol. The van der Waals surface area contributed by atoms with Crippen molar-refractivity contribution in [2.45, 2.75) is 19.4 Å². The third-order valence-electron chi connectivity index (χ3n) is 2.62. The molecular formula is C13H15NO2S. The maximum atomic E-state index is 10.3. The Bertz CT molecular complexity index is 507. The molecule has 0 aliphatic rings. The molecule has 4 heteroatoms. The van der Waals surface area contributed by atoms with E-state index in [0.29, 0.717) is 6.42 Å². The van der Waals surface area contributed by atoms with E-state index in [1.165, 1.54) is 15.6 Å². The van der Waals surface area contributed by atoms with Crippen LogP contribution in [0.2, 0.25) is 0 Å². The van der Waals surface area contributed by atoms with E-state index in [4.69, 9.17) is 5.11 Å². The first-order valence-corrected chi connectivity index (χ1v) is 6.53. The van der Waals surface area contributed by atoms with E-state index in [-0.39, 0.29) is 6.42 Å². The van der Waals surface area contributed by atoms with Gasteiger partial charge in [0.05, 0.1) is 0 Å². The minimum absolute atomic E-state index is 0.234. The quantitative estimate of drug-likeness (QED) is 0.774. The summed E-state index contributed by atoms with van der Waals surface area (Å²) in [5.41, 5.74) is 1.29. The molecule has 0 spiro atoms. The fourth-order valence-corrected chi connectivity index (χ4v) is 2.72. The van der Waals surface area contributed by atoms with Crippen molar-refractivity contribution in [2.75, 3.05) is 6.54 Å². The van der Waals surface area contributed by atoms with Gasteiger partial charge in [-0.2, -0.15) is 0 Å². The summed E-state index contributed by atoms with van der Waals surface area (Å²) in [7, 11) is 0. The Morgan fingerprint density at radius 3 is 3.00 bits per heavy atom. The number of fused-ring (bicyclic) bond motifs is 1. The van der Waals surface area contributed by atoms with Crippen LogP contribution in [0, 0.1) is 0 Å². The van der Waals surface area contributed by atoms with Crippen LogP contribution in [-0.4, -0.2) is 17.6 Å². The highest BCUT2D eigenvalue weighted by atomic mass is 32.1. The molecule has 3 nitrogen and oxygen atoms in total. The summed E-state index contributed by atoms with van der Waals surface area (Å²) in [6.07, 6.45) is 0.911. The van der Waals surface area contributed by atoms with Gasteiger partial charge in [0.1, 0.15) is 0 Å². The summed E-state index contributed by atoms with van der Waals surface area (Å²) in [5, 5.41) is 15.2. The molecule has 0 radical (unpaired) electrons. The van der Waals surface area contributed by atoms with Crippen LogP contribution >= 0.6 is 11.3 Å². The maximum absolute atomic E-state index is 10.3. The van der Waals surface area contributed by atoms with Crippen molar-refractivity contribution in [3.63, 3.8) is 0 Å². The van der Waals surface area contributed by atoms with Crippen molar-refractivity contribution in [3.8, 4) is 0 Å². The van der Waals surface area contributed by atoms with E-state index in [0.717, 1.165) is 13.1 Å². The second-order valence-electron chi connectivity index (χ2n) is 3.93. The van der Waals surface area contributed by atoms with Gasteiger partial charge in [0.15, 0.2) is 0 Å². The molecule has 2 aromatic rings. The Balaban J connectivity index is 1.85. The van der Waals surface area contributed by atoms with Crippen LogP contribution in [0.15, 0.2) is 29.6 Å². The van der Waals surface area contributed by atoms with E-state index in [9.17, 15) is 4.79 Å². The van der Waals surface area contributed by atoms with Crippen molar-refractivity contribution < 1.29 is 9.90 Å². The fraction of sp³-hybridized carbons (Fsp3) is 0.308. The van der Waals surface area contributed by atoms with Crippen LogP contribution in [0.3, 0.4) is 0 Å². The van der Waals surface area contributed by atoms with Crippen molar-refractivity contribution in [1.29, 1.82) is 0 Å². The molecule has 0 bridgehead atoms.